The molecule has 0 fully saturated rings. The molecule has 4 nitrogen and oxygen atoms in total. The number of rotatable bonds is 3. The van der Waals surface area contributed by atoms with Crippen molar-refractivity contribution in [3.63, 3.8) is 0 Å². The molecule has 1 aromatic heterocycles. The summed E-state index contributed by atoms with van der Waals surface area (Å²) in [4.78, 5) is 0. The normalized spacial score (nSPS) is 12.0. The van der Waals surface area contributed by atoms with E-state index < -0.39 is 6.04 Å². The Morgan fingerprint density at radius 2 is 2.05 bits per heavy atom. The van der Waals surface area contributed by atoms with Crippen LogP contribution >= 0.6 is 0 Å². The van der Waals surface area contributed by atoms with Gasteiger partial charge in [-0.25, -0.2) is 0 Å². The summed E-state index contributed by atoms with van der Waals surface area (Å²) in [5.41, 5.74) is 8.40. The van der Waals surface area contributed by atoms with E-state index in [1.807, 2.05) is 36.4 Å². The van der Waals surface area contributed by atoms with Crippen LogP contribution in [0.1, 0.15) is 22.9 Å². The van der Waals surface area contributed by atoms with Crippen LogP contribution in [0.3, 0.4) is 0 Å². The first-order valence-corrected chi connectivity index (χ1v) is 6.54. The van der Waals surface area contributed by atoms with Gasteiger partial charge in [0.25, 0.3) is 0 Å². The Kier molecular flexibility index (Phi) is 3.35. The van der Waals surface area contributed by atoms with Gasteiger partial charge < -0.3 is 14.9 Å². The molecule has 1 atom stereocenters. The smallest absolute Gasteiger partial charge is 0.138 e. The predicted molar refractivity (Wildman–Crippen MR) is 80.0 cm³/mol. The zero-order valence-electron chi connectivity index (χ0n) is 11.5. The monoisotopic (exact) mass is 278 g/mol. The van der Waals surface area contributed by atoms with Crippen molar-refractivity contribution in [3.8, 4) is 11.8 Å². The van der Waals surface area contributed by atoms with Crippen LogP contribution in [0.5, 0.6) is 5.75 Å². The maximum Gasteiger partial charge on any atom is 0.138 e. The summed E-state index contributed by atoms with van der Waals surface area (Å²) in [7, 11) is 1.62. The van der Waals surface area contributed by atoms with Gasteiger partial charge in [0.1, 0.15) is 17.1 Å². The second-order valence-electron chi connectivity index (χ2n) is 4.77. The van der Waals surface area contributed by atoms with E-state index in [1.165, 1.54) is 0 Å². The topological polar surface area (TPSA) is 72.2 Å². The molecule has 2 N–H and O–H groups in total. The van der Waals surface area contributed by atoms with Gasteiger partial charge in [-0.3, -0.25) is 0 Å². The summed E-state index contributed by atoms with van der Waals surface area (Å²) < 4.78 is 11.0. The SMILES string of the molecule is COc1ccc2cc(C(N)c3cccc(C#N)c3)oc2c1. The number of nitrogens with zero attached hydrogens (tertiary/aromatic N) is 1. The van der Waals surface area contributed by atoms with Gasteiger partial charge in [-0.15, -0.1) is 0 Å². The molecule has 0 radical (unpaired) electrons. The van der Waals surface area contributed by atoms with Crippen LogP contribution in [-0.2, 0) is 0 Å². The van der Waals surface area contributed by atoms with E-state index in [-0.39, 0.29) is 0 Å². The molecule has 4 heteroatoms. The first-order chi connectivity index (χ1) is 10.2. The van der Waals surface area contributed by atoms with Crippen molar-refractivity contribution in [2.75, 3.05) is 7.11 Å². The van der Waals surface area contributed by atoms with Gasteiger partial charge in [0.15, 0.2) is 0 Å². The molecule has 0 spiro atoms. The van der Waals surface area contributed by atoms with Gasteiger partial charge in [0.05, 0.1) is 24.8 Å². The van der Waals surface area contributed by atoms with Crippen LogP contribution in [-0.4, -0.2) is 7.11 Å². The Labute approximate surface area is 122 Å². The molecule has 0 aliphatic heterocycles. The number of furan rings is 1. The van der Waals surface area contributed by atoms with Gasteiger partial charge in [0.2, 0.25) is 0 Å². The van der Waals surface area contributed by atoms with Crippen molar-refractivity contribution in [2.45, 2.75) is 6.04 Å². The summed E-state index contributed by atoms with van der Waals surface area (Å²) in [6.45, 7) is 0. The minimum absolute atomic E-state index is 0.406. The highest BCUT2D eigenvalue weighted by atomic mass is 16.5. The first-order valence-electron chi connectivity index (χ1n) is 6.54. The Hall–Kier alpha value is -2.77. The lowest BCUT2D eigenvalue weighted by molar-refractivity contribution is 0.414. The highest BCUT2D eigenvalue weighted by Gasteiger charge is 2.15. The first kappa shape index (κ1) is 13.2. The van der Waals surface area contributed by atoms with E-state index in [0.717, 1.165) is 22.3 Å². The largest absolute Gasteiger partial charge is 0.497 e. The fourth-order valence-electron chi connectivity index (χ4n) is 2.28. The number of hydrogen-bond donors (Lipinski definition) is 1. The van der Waals surface area contributed by atoms with Crippen LogP contribution < -0.4 is 10.5 Å². The summed E-state index contributed by atoms with van der Waals surface area (Å²) in [5, 5.41) is 9.93. The number of hydrogen-bond acceptors (Lipinski definition) is 4. The Morgan fingerprint density at radius 1 is 1.19 bits per heavy atom. The van der Waals surface area contributed by atoms with Gasteiger partial charge in [-0.2, -0.15) is 5.26 Å². The lowest BCUT2D eigenvalue weighted by Crippen LogP contribution is -2.10. The zero-order valence-corrected chi connectivity index (χ0v) is 11.5. The molecular formula is C17H14N2O2. The number of fused-ring (bicyclic) bond motifs is 1. The zero-order chi connectivity index (χ0) is 14.8. The number of nitrogens with two attached hydrogens (primary N) is 1. The predicted octanol–water partition coefficient (Wildman–Crippen LogP) is 3.36. The molecule has 104 valence electrons. The third-order valence-corrected chi connectivity index (χ3v) is 3.43. The van der Waals surface area contributed by atoms with E-state index >= 15 is 0 Å². The molecule has 3 rings (SSSR count). The summed E-state index contributed by atoms with van der Waals surface area (Å²) in [6, 6.07) is 16.5. The average Bonchev–Trinajstić information content (AvgIpc) is 2.97. The second-order valence-corrected chi connectivity index (χ2v) is 4.77. The number of benzene rings is 2. The van der Waals surface area contributed by atoms with E-state index in [2.05, 4.69) is 6.07 Å². The lowest BCUT2D eigenvalue weighted by atomic mass is 10.0. The Bertz CT molecular complexity index is 830. The summed E-state index contributed by atoms with van der Waals surface area (Å²) in [6.07, 6.45) is 0. The fraction of sp³-hybridized carbons (Fsp3) is 0.118. The molecular weight excluding hydrogens is 264 g/mol. The maximum absolute atomic E-state index is 8.96. The third-order valence-electron chi connectivity index (χ3n) is 3.43. The molecule has 0 amide bonds. The van der Waals surface area contributed by atoms with Gasteiger partial charge in [0, 0.05) is 11.5 Å². The highest BCUT2D eigenvalue weighted by molar-refractivity contribution is 5.79. The number of methoxy groups -OCH3 is 1. The molecule has 2 aromatic carbocycles. The van der Waals surface area contributed by atoms with Crippen LogP contribution in [0.2, 0.25) is 0 Å². The second kappa shape index (κ2) is 5.31. The highest BCUT2D eigenvalue weighted by Crippen LogP contribution is 2.29. The molecule has 3 aromatic rings. The number of nitriles is 1. The van der Waals surface area contributed by atoms with Crippen molar-refractivity contribution in [3.05, 3.63) is 65.4 Å². The van der Waals surface area contributed by atoms with Crippen LogP contribution in [0, 0.1) is 11.3 Å². The van der Waals surface area contributed by atoms with Crippen LogP contribution in [0.4, 0.5) is 0 Å². The molecule has 21 heavy (non-hydrogen) atoms. The molecule has 1 unspecified atom stereocenters. The standard InChI is InChI=1S/C17H14N2O2/c1-20-14-6-5-12-8-16(21-15(12)9-14)17(19)13-4-2-3-11(7-13)10-18/h2-9,17H,19H2,1H3. The Balaban J connectivity index is 2.01. The minimum atomic E-state index is -0.406. The van der Waals surface area contributed by atoms with E-state index in [4.69, 9.17) is 20.1 Å². The van der Waals surface area contributed by atoms with Crippen molar-refractivity contribution in [1.29, 1.82) is 5.26 Å². The molecule has 0 saturated carbocycles. The third kappa shape index (κ3) is 2.47. The van der Waals surface area contributed by atoms with E-state index in [0.29, 0.717) is 11.3 Å². The van der Waals surface area contributed by atoms with Crippen molar-refractivity contribution in [1.82, 2.24) is 0 Å². The van der Waals surface area contributed by atoms with Gasteiger partial charge in [-0.05, 0) is 35.9 Å². The minimum Gasteiger partial charge on any atom is -0.497 e. The molecule has 1 heterocycles. The summed E-state index contributed by atoms with van der Waals surface area (Å²) in [5.74, 6) is 1.40. The molecule has 0 aliphatic carbocycles. The van der Waals surface area contributed by atoms with E-state index in [1.54, 1.807) is 19.2 Å². The number of ether oxygens (including phenoxy) is 1. The van der Waals surface area contributed by atoms with Gasteiger partial charge >= 0.3 is 0 Å². The molecule has 0 saturated heterocycles. The van der Waals surface area contributed by atoms with Crippen LogP contribution in [0.15, 0.2) is 52.9 Å². The quantitative estimate of drug-likeness (QED) is 0.797. The Morgan fingerprint density at radius 3 is 2.81 bits per heavy atom. The van der Waals surface area contributed by atoms with Gasteiger partial charge in [-0.1, -0.05) is 12.1 Å². The lowest BCUT2D eigenvalue weighted by Gasteiger charge is -2.08. The van der Waals surface area contributed by atoms with Crippen molar-refractivity contribution >= 4 is 11.0 Å². The molecule has 0 bridgehead atoms. The summed E-state index contributed by atoms with van der Waals surface area (Å²) >= 11 is 0. The average molecular weight is 278 g/mol. The van der Waals surface area contributed by atoms with E-state index in [9.17, 15) is 0 Å². The van der Waals surface area contributed by atoms with Crippen LogP contribution in [0.25, 0.3) is 11.0 Å². The van der Waals surface area contributed by atoms with Crippen molar-refractivity contribution < 1.29 is 9.15 Å². The molecule has 0 aliphatic rings. The maximum atomic E-state index is 8.96. The fourth-order valence-corrected chi connectivity index (χ4v) is 2.28. The van der Waals surface area contributed by atoms with Crippen molar-refractivity contribution in [2.24, 2.45) is 5.73 Å².